The molecule has 0 radical (unpaired) electrons. The van der Waals surface area contributed by atoms with Crippen molar-refractivity contribution in [2.45, 2.75) is 33.7 Å². The van der Waals surface area contributed by atoms with E-state index in [2.05, 4.69) is 30.8 Å². The zero-order valence-electron chi connectivity index (χ0n) is 9.67. The minimum absolute atomic E-state index is 0. The van der Waals surface area contributed by atoms with E-state index in [1.165, 1.54) is 11.1 Å². The van der Waals surface area contributed by atoms with Crippen molar-refractivity contribution in [3.8, 4) is 0 Å². The first-order chi connectivity index (χ1) is 6.61. The summed E-state index contributed by atoms with van der Waals surface area (Å²) in [5.41, 5.74) is 9.15. The first-order valence-corrected chi connectivity index (χ1v) is 5.12. The fourth-order valence-corrected chi connectivity index (χ4v) is 1.07. The largest absolute Gasteiger partial charge is 0.324 e. The molecule has 0 aromatic heterocycles. The Morgan fingerprint density at radius 2 is 1.71 bits per heavy atom. The number of hydrogen-bond donors (Lipinski definition) is 1. The monoisotopic (exact) mass is 193 g/mol. The van der Waals surface area contributed by atoms with Gasteiger partial charge in [-0.2, -0.15) is 0 Å². The molecule has 0 bridgehead atoms. The summed E-state index contributed by atoms with van der Waals surface area (Å²) in [6.45, 7) is 11.9. The van der Waals surface area contributed by atoms with E-state index in [1.807, 2.05) is 27.7 Å². The molecule has 1 aromatic carbocycles. The summed E-state index contributed by atoms with van der Waals surface area (Å²) < 4.78 is 0. The Hall–Kier alpha value is -1.08. The van der Waals surface area contributed by atoms with Crippen LogP contribution in [0.3, 0.4) is 0 Å². The lowest BCUT2D eigenvalue weighted by atomic mass is 10.0. The number of rotatable bonds is 2. The topological polar surface area (TPSA) is 26.0 Å². The molecule has 2 N–H and O–H groups in total. The summed E-state index contributed by atoms with van der Waals surface area (Å²) in [6, 6.07) is 8.33. The van der Waals surface area contributed by atoms with E-state index in [4.69, 9.17) is 5.73 Å². The summed E-state index contributed by atoms with van der Waals surface area (Å²) in [4.78, 5) is 0. The third-order valence-corrected chi connectivity index (χ3v) is 1.93. The van der Waals surface area contributed by atoms with E-state index in [0.717, 1.165) is 5.57 Å². The van der Waals surface area contributed by atoms with E-state index >= 15 is 0 Å². The van der Waals surface area contributed by atoms with Crippen LogP contribution < -0.4 is 5.73 Å². The molecule has 0 spiro atoms. The van der Waals surface area contributed by atoms with Gasteiger partial charge in [0.05, 0.1) is 0 Å². The van der Waals surface area contributed by atoms with Crippen LogP contribution in [0.15, 0.2) is 30.8 Å². The first kappa shape index (κ1) is 12.9. The van der Waals surface area contributed by atoms with E-state index in [-0.39, 0.29) is 7.47 Å². The Bertz CT molecular complexity index is 275. The molecule has 0 saturated carbocycles. The lowest BCUT2D eigenvalue weighted by Gasteiger charge is -2.06. The van der Waals surface area contributed by atoms with E-state index in [0.29, 0.717) is 0 Å². The standard InChI is InChI=1S/C11H15N.C2H6.H2/c1-8(2)10-4-6-11(7-5-10)9(3)12;1-2;/h4-7,9H,1,12H2,2-3H3;1-2H3;1H/t9-;;/m1../s1. The first-order valence-electron chi connectivity index (χ1n) is 5.12. The Labute approximate surface area is 89.1 Å². The summed E-state index contributed by atoms with van der Waals surface area (Å²) in [5, 5.41) is 0. The van der Waals surface area contributed by atoms with Gasteiger partial charge in [0.25, 0.3) is 0 Å². The highest BCUT2D eigenvalue weighted by molar-refractivity contribution is 5.61. The molecule has 1 heteroatoms. The molecule has 0 aliphatic heterocycles. The third-order valence-electron chi connectivity index (χ3n) is 1.93. The molecule has 1 nitrogen and oxygen atoms in total. The molecule has 0 aliphatic rings. The highest BCUT2D eigenvalue weighted by Gasteiger charge is 1.98. The van der Waals surface area contributed by atoms with Crippen molar-refractivity contribution in [3.63, 3.8) is 0 Å². The van der Waals surface area contributed by atoms with Crippen molar-refractivity contribution in [3.05, 3.63) is 42.0 Å². The van der Waals surface area contributed by atoms with Gasteiger partial charge >= 0.3 is 0 Å². The molecule has 14 heavy (non-hydrogen) atoms. The molecule has 0 fully saturated rings. The van der Waals surface area contributed by atoms with Crippen LogP contribution in [0.2, 0.25) is 0 Å². The Morgan fingerprint density at radius 1 is 1.29 bits per heavy atom. The van der Waals surface area contributed by atoms with E-state index in [9.17, 15) is 0 Å². The summed E-state index contributed by atoms with van der Waals surface area (Å²) in [7, 11) is 0. The summed E-state index contributed by atoms with van der Waals surface area (Å²) >= 11 is 0. The molecule has 0 heterocycles. The molecule has 1 aromatic rings. The zero-order valence-corrected chi connectivity index (χ0v) is 9.67. The van der Waals surface area contributed by atoms with Crippen LogP contribution >= 0.6 is 0 Å². The number of nitrogens with two attached hydrogens (primary N) is 1. The summed E-state index contributed by atoms with van der Waals surface area (Å²) in [6.07, 6.45) is 0. The van der Waals surface area contributed by atoms with Gasteiger partial charge in [0.1, 0.15) is 0 Å². The van der Waals surface area contributed by atoms with Crippen molar-refractivity contribution in [1.29, 1.82) is 0 Å². The SMILES string of the molecule is C=C(C)c1ccc([C@@H](C)N)cc1.CC.[HH]. The fourth-order valence-electron chi connectivity index (χ4n) is 1.07. The molecule has 0 aliphatic carbocycles. The van der Waals surface area contributed by atoms with E-state index < -0.39 is 0 Å². The van der Waals surface area contributed by atoms with Crippen molar-refractivity contribution in [1.82, 2.24) is 0 Å². The van der Waals surface area contributed by atoms with Crippen molar-refractivity contribution < 1.29 is 1.43 Å². The molecule has 1 atom stereocenters. The van der Waals surface area contributed by atoms with Crippen LogP contribution in [-0.4, -0.2) is 0 Å². The van der Waals surface area contributed by atoms with Gasteiger partial charge < -0.3 is 5.73 Å². The predicted octanol–water partition coefficient (Wildman–Crippen LogP) is 4.01. The van der Waals surface area contributed by atoms with Gasteiger partial charge in [0.2, 0.25) is 0 Å². The van der Waals surface area contributed by atoms with E-state index in [1.54, 1.807) is 0 Å². The van der Waals surface area contributed by atoms with Gasteiger partial charge in [-0.25, -0.2) is 0 Å². The molecular formula is C13H23N. The Morgan fingerprint density at radius 3 is 2.00 bits per heavy atom. The molecule has 0 amide bonds. The predicted molar refractivity (Wildman–Crippen MR) is 67.2 cm³/mol. The van der Waals surface area contributed by atoms with Gasteiger partial charge in [0.15, 0.2) is 0 Å². The van der Waals surface area contributed by atoms with Gasteiger partial charge in [-0.1, -0.05) is 50.3 Å². The minimum Gasteiger partial charge on any atom is -0.324 e. The second kappa shape index (κ2) is 6.39. The van der Waals surface area contributed by atoms with Crippen LogP contribution in [-0.2, 0) is 0 Å². The number of allylic oxidation sites excluding steroid dienone is 1. The number of hydrogen-bond acceptors (Lipinski definition) is 1. The van der Waals surface area contributed by atoms with Crippen molar-refractivity contribution >= 4 is 5.57 Å². The normalized spacial score (nSPS) is 11.2. The average molecular weight is 193 g/mol. The van der Waals surface area contributed by atoms with Crippen LogP contribution in [0.4, 0.5) is 0 Å². The number of benzene rings is 1. The van der Waals surface area contributed by atoms with Crippen molar-refractivity contribution in [2.75, 3.05) is 0 Å². The quantitative estimate of drug-likeness (QED) is 0.754. The van der Waals surface area contributed by atoms with Gasteiger partial charge in [0, 0.05) is 7.47 Å². The fraction of sp³-hybridized carbons (Fsp3) is 0.385. The minimum atomic E-state index is 0. The summed E-state index contributed by atoms with van der Waals surface area (Å²) in [5.74, 6) is 0. The molecule has 1 rings (SSSR count). The van der Waals surface area contributed by atoms with Gasteiger partial charge in [-0.15, -0.1) is 0 Å². The zero-order chi connectivity index (χ0) is 11.1. The van der Waals surface area contributed by atoms with Crippen LogP contribution in [0, 0.1) is 0 Å². The van der Waals surface area contributed by atoms with Gasteiger partial charge in [-0.3, -0.25) is 0 Å². The lowest BCUT2D eigenvalue weighted by molar-refractivity contribution is 0.818. The van der Waals surface area contributed by atoms with Crippen LogP contribution in [0.25, 0.3) is 5.57 Å². The van der Waals surface area contributed by atoms with Crippen LogP contribution in [0.5, 0.6) is 0 Å². The van der Waals surface area contributed by atoms with Gasteiger partial charge in [-0.05, 0) is 25.0 Å². The second-order valence-electron chi connectivity index (χ2n) is 3.19. The third kappa shape index (κ3) is 3.75. The maximum Gasteiger partial charge on any atom is 0.0266 e. The smallest absolute Gasteiger partial charge is 0.0266 e. The lowest BCUT2D eigenvalue weighted by Crippen LogP contribution is -2.04. The maximum atomic E-state index is 5.72. The van der Waals surface area contributed by atoms with Crippen molar-refractivity contribution in [2.24, 2.45) is 5.73 Å². The average Bonchev–Trinajstić information content (AvgIpc) is 2.21. The Balaban J connectivity index is 0. The molecule has 0 unspecified atom stereocenters. The van der Waals surface area contributed by atoms with Crippen LogP contribution in [0.1, 0.15) is 46.3 Å². The highest BCUT2D eigenvalue weighted by atomic mass is 14.6. The molecular weight excluding hydrogens is 170 g/mol. The highest BCUT2D eigenvalue weighted by Crippen LogP contribution is 2.15. The molecule has 0 saturated heterocycles. The molecule has 80 valence electrons. The maximum absolute atomic E-state index is 5.72. The Kier molecular flexibility index (Phi) is 5.89. The second-order valence-corrected chi connectivity index (χ2v) is 3.19.